The van der Waals surface area contributed by atoms with Gasteiger partial charge in [0.1, 0.15) is 0 Å². The van der Waals surface area contributed by atoms with Gasteiger partial charge >= 0.3 is 11.9 Å². The summed E-state index contributed by atoms with van der Waals surface area (Å²) in [6.45, 7) is 3.73. The van der Waals surface area contributed by atoms with E-state index in [1.165, 1.54) is 0 Å². The molecule has 0 heterocycles. The van der Waals surface area contributed by atoms with Crippen molar-refractivity contribution in [1.82, 2.24) is 0 Å². The van der Waals surface area contributed by atoms with Crippen LogP contribution >= 0.6 is 0 Å². The Morgan fingerprint density at radius 2 is 1.44 bits per heavy atom. The Morgan fingerprint density at radius 3 is 1.89 bits per heavy atom. The first kappa shape index (κ1) is 16.9. The quantitative estimate of drug-likeness (QED) is 0.556. The Labute approximate surface area is 109 Å². The van der Waals surface area contributed by atoms with E-state index in [4.69, 9.17) is 10.2 Å². The van der Waals surface area contributed by atoms with Crippen LogP contribution in [0.2, 0.25) is 0 Å². The molecule has 0 radical (unpaired) electrons. The highest BCUT2D eigenvalue weighted by atomic mass is 16.4. The minimum atomic E-state index is -0.733. The van der Waals surface area contributed by atoms with Crippen LogP contribution in [0.25, 0.3) is 0 Å². The van der Waals surface area contributed by atoms with Crippen molar-refractivity contribution in [3.8, 4) is 0 Å². The summed E-state index contributed by atoms with van der Waals surface area (Å²) in [5.41, 5.74) is 0. The van der Waals surface area contributed by atoms with Crippen molar-refractivity contribution in [2.75, 3.05) is 0 Å². The molecule has 0 amide bonds. The van der Waals surface area contributed by atoms with Gasteiger partial charge in [-0.05, 0) is 19.3 Å². The summed E-state index contributed by atoms with van der Waals surface area (Å²) in [5, 5.41) is 17.7. The summed E-state index contributed by atoms with van der Waals surface area (Å²) in [6, 6.07) is 0. The first-order valence-electron chi connectivity index (χ1n) is 6.94. The lowest BCUT2D eigenvalue weighted by atomic mass is 9.95. The molecule has 0 fully saturated rings. The summed E-state index contributed by atoms with van der Waals surface area (Å²) in [4.78, 5) is 21.5. The fourth-order valence-corrected chi connectivity index (χ4v) is 2.06. The fraction of sp³-hybridized carbons (Fsp3) is 0.857. The molecule has 0 aliphatic rings. The number of carboxylic acid groups (broad SMARTS) is 2. The van der Waals surface area contributed by atoms with Gasteiger partial charge in [-0.2, -0.15) is 0 Å². The van der Waals surface area contributed by atoms with Gasteiger partial charge in [-0.3, -0.25) is 9.59 Å². The van der Waals surface area contributed by atoms with Gasteiger partial charge in [0.15, 0.2) is 0 Å². The first-order valence-corrected chi connectivity index (χ1v) is 6.94. The molecule has 0 aromatic rings. The smallest absolute Gasteiger partial charge is 0.306 e. The fourth-order valence-electron chi connectivity index (χ4n) is 2.06. The number of hydrogen-bond donors (Lipinski definition) is 2. The molecule has 0 saturated carbocycles. The van der Waals surface area contributed by atoms with Crippen LogP contribution in [0.3, 0.4) is 0 Å². The monoisotopic (exact) mass is 258 g/mol. The van der Waals surface area contributed by atoms with E-state index in [1.54, 1.807) is 6.92 Å². The van der Waals surface area contributed by atoms with Crippen LogP contribution in [0.1, 0.15) is 65.2 Å². The van der Waals surface area contributed by atoms with E-state index in [0.29, 0.717) is 6.42 Å². The molecule has 0 aliphatic carbocycles. The molecule has 0 saturated heterocycles. The van der Waals surface area contributed by atoms with Gasteiger partial charge in [-0.1, -0.05) is 46.0 Å². The van der Waals surface area contributed by atoms with Crippen LogP contribution in [0, 0.1) is 11.8 Å². The van der Waals surface area contributed by atoms with Crippen LogP contribution < -0.4 is 0 Å². The minimum absolute atomic E-state index is 0.201. The van der Waals surface area contributed by atoms with Crippen LogP contribution in [-0.4, -0.2) is 22.2 Å². The van der Waals surface area contributed by atoms with E-state index in [-0.39, 0.29) is 11.8 Å². The third kappa shape index (κ3) is 8.09. The topological polar surface area (TPSA) is 74.6 Å². The maximum atomic E-state index is 10.9. The predicted molar refractivity (Wildman–Crippen MR) is 70.5 cm³/mol. The average molecular weight is 258 g/mol. The van der Waals surface area contributed by atoms with Gasteiger partial charge in [0, 0.05) is 0 Å². The third-order valence-electron chi connectivity index (χ3n) is 3.35. The van der Waals surface area contributed by atoms with E-state index < -0.39 is 11.9 Å². The number of rotatable bonds is 11. The summed E-state index contributed by atoms with van der Waals surface area (Å²) >= 11 is 0. The first-order chi connectivity index (χ1) is 8.49. The van der Waals surface area contributed by atoms with E-state index >= 15 is 0 Å². The molecule has 2 N–H and O–H groups in total. The Morgan fingerprint density at radius 1 is 0.889 bits per heavy atom. The Balaban J connectivity index is 3.54. The van der Waals surface area contributed by atoms with Crippen molar-refractivity contribution < 1.29 is 19.8 Å². The lowest BCUT2D eigenvalue weighted by molar-refractivity contribution is -0.143. The highest BCUT2D eigenvalue weighted by Crippen LogP contribution is 2.17. The molecule has 0 aliphatic heterocycles. The van der Waals surface area contributed by atoms with Gasteiger partial charge in [0.2, 0.25) is 0 Å². The van der Waals surface area contributed by atoms with Crippen molar-refractivity contribution in [2.24, 2.45) is 11.8 Å². The minimum Gasteiger partial charge on any atom is -0.481 e. The van der Waals surface area contributed by atoms with Crippen molar-refractivity contribution in [3.63, 3.8) is 0 Å². The molecular formula is C14H26O4. The lowest BCUT2D eigenvalue weighted by Crippen LogP contribution is -2.13. The number of carbonyl (C=O) groups is 2. The van der Waals surface area contributed by atoms with E-state index in [1.807, 2.05) is 6.92 Å². The van der Waals surface area contributed by atoms with Crippen molar-refractivity contribution in [3.05, 3.63) is 0 Å². The van der Waals surface area contributed by atoms with Crippen molar-refractivity contribution in [2.45, 2.75) is 65.2 Å². The standard InChI is InChI=1S/C14H26O4/c1-3-8-12(14(17)18)10-7-5-4-6-9-11(2)13(15)16/h11-12H,3-10H2,1-2H3,(H,15,16)(H,17,18). The van der Waals surface area contributed by atoms with Crippen molar-refractivity contribution >= 4 is 11.9 Å². The van der Waals surface area contributed by atoms with Crippen molar-refractivity contribution in [1.29, 1.82) is 0 Å². The number of unbranched alkanes of at least 4 members (excludes halogenated alkanes) is 3. The molecular weight excluding hydrogens is 232 g/mol. The molecule has 0 aromatic carbocycles. The van der Waals surface area contributed by atoms with Gasteiger partial charge < -0.3 is 10.2 Å². The van der Waals surface area contributed by atoms with E-state index in [0.717, 1.165) is 44.9 Å². The molecule has 106 valence electrons. The zero-order valence-electron chi connectivity index (χ0n) is 11.5. The molecule has 0 bridgehead atoms. The Kier molecular flexibility index (Phi) is 9.33. The van der Waals surface area contributed by atoms with Crippen LogP contribution in [0.15, 0.2) is 0 Å². The van der Waals surface area contributed by atoms with E-state index in [9.17, 15) is 9.59 Å². The molecule has 4 nitrogen and oxygen atoms in total. The van der Waals surface area contributed by atoms with Crippen LogP contribution in [-0.2, 0) is 9.59 Å². The molecule has 4 heteroatoms. The maximum absolute atomic E-state index is 10.9. The van der Waals surface area contributed by atoms with Gasteiger partial charge in [0.05, 0.1) is 11.8 Å². The largest absolute Gasteiger partial charge is 0.481 e. The Bertz CT molecular complexity index is 250. The SMILES string of the molecule is CCCC(CCCCCCC(C)C(=O)O)C(=O)O. The molecule has 2 atom stereocenters. The second kappa shape index (κ2) is 9.92. The Hall–Kier alpha value is -1.06. The highest BCUT2D eigenvalue weighted by molar-refractivity contribution is 5.70. The average Bonchev–Trinajstić information content (AvgIpc) is 2.31. The van der Waals surface area contributed by atoms with E-state index in [2.05, 4.69) is 0 Å². The molecule has 0 aromatic heterocycles. The van der Waals surface area contributed by atoms with Gasteiger partial charge in [0.25, 0.3) is 0 Å². The zero-order chi connectivity index (χ0) is 14.0. The number of carboxylic acids is 2. The van der Waals surface area contributed by atoms with Crippen LogP contribution in [0.4, 0.5) is 0 Å². The molecule has 2 unspecified atom stereocenters. The van der Waals surface area contributed by atoms with Gasteiger partial charge in [-0.15, -0.1) is 0 Å². The summed E-state index contributed by atoms with van der Waals surface area (Å²) in [6.07, 6.45) is 6.97. The number of aliphatic carboxylic acids is 2. The predicted octanol–water partition coefficient (Wildman–Crippen LogP) is 3.55. The molecule has 0 rings (SSSR count). The summed E-state index contributed by atoms with van der Waals surface area (Å²) in [5.74, 6) is -1.88. The molecule has 18 heavy (non-hydrogen) atoms. The molecule has 0 spiro atoms. The lowest BCUT2D eigenvalue weighted by Gasteiger charge is -2.10. The maximum Gasteiger partial charge on any atom is 0.306 e. The second-order valence-corrected chi connectivity index (χ2v) is 5.05. The summed E-state index contributed by atoms with van der Waals surface area (Å²) < 4.78 is 0. The summed E-state index contributed by atoms with van der Waals surface area (Å²) in [7, 11) is 0. The second-order valence-electron chi connectivity index (χ2n) is 5.05. The third-order valence-corrected chi connectivity index (χ3v) is 3.35. The number of hydrogen-bond acceptors (Lipinski definition) is 2. The van der Waals surface area contributed by atoms with Gasteiger partial charge in [-0.25, -0.2) is 0 Å². The normalized spacial score (nSPS) is 14.1. The zero-order valence-corrected chi connectivity index (χ0v) is 11.5. The van der Waals surface area contributed by atoms with Crippen LogP contribution in [0.5, 0.6) is 0 Å². The highest BCUT2D eigenvalue weighted by Gasteiger charge is 2.15.